The highest BCUT2D eigenvalue weighted by molar-refractivity contribution is 5.86. The molecule has 1 saturated heterocycles. The van der Waals surface area contributed by atoms with Crippen LogP contribution in [0.3, 0.4) is 0 Å². The molecule has 1 aromatic heterocycles. The molecule has 0 spiro atoms. The number of carbonyl (C=O) groups is 1. The summed E-state index contributed by atoms with van der Waals surface area (Å²) in [6.07, 6.45) is 0. The number of esters is 1. The van der Waals surface area contributed by atoms with Crippen LogP contribution < -0.4 is 5.32 Å². The van der Waals surface area contributed by atoms with Gasteiger partial charge in [-0.2, -0.15) is 0 Å². The van der Waals surface area contributed by atoms with Gasteiger partial charge < -0.3 is 19.2 Å². The summed E-state index contributed by atoms with van der Waals surface area (Å²) in [5.74, 6) is 0.385. The number of hydrogen-bond donors (Lipinski definition) is 1. The minimum absolute atomic E-state index is 0.211. The van der Waals surface area contributed by atoms with E-state index in [0.717, 1.165) is 32.7 Å². The Morgan fingerprint density at radius 3 is 2.95 bits per heavy atom. The first-order valence-corrected chi connectivity index (χ1v) is 6.47. The van der Waals surface area contributed by atoms with Crippen molar-refractivity contribution in [1.82, 2.24) is 10.2 Å². The summed E-state index contributed by atoms with van der Waals surface area (Å²) >= 11 is 0. The highest BCUT2D eigenvalue weighted by Crippen LogP contribution is 2.10. The van der Waals surface area contributed by atoms with E-state index in [9.17, 15) is 4.79 Å². The van der Waals surface area contributed by atoms with E-state index in [1.807, 2.05) is 0 Å². The first kappa shape index (κ1) is 14.0. The van der Waals surface area contributed by atoms with Crippen molar-refractivity contribution in [2.45, 2.75) is 6.61 Å². The predicted octanol–water partition coefficient (Wildman–Crippen LogP) is 0.488. The lowest BCUT2D eigenvalue weighted by molar-refractivity contribution is 0.0544. The Morgan fingerprint density at radius 2 is 2.21 bits per heavy atom. The van der Waals surface area contributed by atoms with Crippen LogP contribution in [-0.4, -0.2) is 57.3 Å². The highest BCUT2D eigenvalue weighted by Gasteiger charge is 2.11. The van der Waals surface area contributed by atoms with Crippen LogP contribution in [0.2, 0.25) is 0 Å². The summed E-state index contributed by atoms with van der Waals surface area (Å²) in [5, 5.41) is 3.31. The fourth-order valence-electron chi connectivity index (χ4n) is 1.97. The van der Waals surface area contributed by atoms with E-state index >= 15 is 0 Å². The zero-order valence-electron chi connectivity index (χ0n) is 11.2. The number of hydrogen-bond acceptors (Lipinski definition) is 6. The Bertz CT molecular complexity index is 399. The van der Waals surface area contributed by atoms with E-state index in [-0.39, 0.29) is 5.76 Å². The Labute approximate surface area is 112 Å². The summed E-state index contributed by atoms with van der Waals surface area (Å²) in [6, 6.07) is 3.33. The standard InChI is InChI=1S/C13H20N2O4/c1-17-13(16)12-3-2-11(19-12)10-18-9-8-15-6-4-14-5-7-15/h2-3,14H,4-10H2,1H3. The zero-order chi connectivity index (χ0) is 13.5. The van der Waals surface area contributed by atoms with Crippen molar-refractivity contribution in [1.29, 1.82) is 0 Å². The Morgan fingerprint density at radius 1 is 1.42 bits per heavy atom. The lowest BCUT2D eigenvalue weighted by Crippen LogP contribution is -2.44. The zero-order valence-corrected chi connectivity index (χ0v) is 11.2. The first-order valence-electron chi connectivity index (χ1n) is 6.47. The van der Waals surface area contributed by atoms with Crippen LogP contribution >= 0.6 is 0 Å². The summed E-state index contributed by atoms with van der Waals surface area (Å²) in [5.41, 5.74) is 0. The molecule has 0 bridgehead atoms. The lowest BCUT2D eigenvalue weighted by Gasteiger charge is -2.26. The van der Waals surface area contributed by atoms with Gasteiger partial charge in [0.15, 0.2) is 0 Å². The maximum Gasteiger partial charge on any atom is 0.373 e. The molecule has 1 N–H and O–H groups in total. The first-order chi connectivity index (χ1) is 9.29. The molecule has 0 unspecified atom stereocenters. The third-order valence-electron chi connectivity index (χ3n) is 3.05. The summed E-state index contributed by atoms with van der Waals surface area (Å²) in [7, 11) is 1.33. The van der Waals surface area contributed by atoms with Crippen LogP contribution in [0.15, 0.2) is 16.5 Å². The van der Waals surface area contributed by atoms with Crippen molar-refractivity contribution in [2.24, 2.45) is 0 Å². The third kappa shape index (κ3) is 4.34. The molecule has 0 aromatic carbocycles. The van der Waals surface area contributed by atoms with Gasteiger partial charge in [0, 0.05) is 32.7 Å². The summed E-state index contributed by atoms with van der Waals surface area (Å²) < 4.78 is 15.4. The minimum atomic E-state index is -0.466. The molecule has 2 rings (SSSR count). The molecular formula is C13H20N2O4. The second-order valence-corrected chi connectivity index (χ2v) is 4.40. The summed E-state index contributed by atoms with van der Waals surface area (Å²) in [6.45, 7) is 6.18. The van der Waals surface area contributed by atoms with Crippen molar-refractivity contribution in [2.75, 3.05) is 46.4 Å². The van der Waals surface area contributed by atoms with Gasteiger partial charge in [0.25, 0.3) is 0 Å². The molecule has 2 heterocycles. The molecule has 6 nitrogen and oxygen atoms in total. The van der Waals surface area contributed by atoms with Gasteiger partial charge in [-0.05, 0) is 12.1 Å². The average Bonchev–Trinajstić information content (AvgIpc) is 2.93. The van der Waals surface area contributed by atoms with Gasteiger partial charge in [-0.25, -0.2) is 4.79 Å². The van der Waals surface area contributed by atoms with Gasteiger partial charge in [0.1, 0.15) is 12.4 Å². The van der Waals surface area contributed by atoms with Crippen LogP contribution in [0.4, 0.5) is 0 Å². The number of rotatable bonds is 6. The second kappa shape index (κ2) is 7.28. The van der Waals surface area contributed by atoms with E-state index in [1.54, 1.807) is 12.1 Å². The average molecular weight is 268 g/mol. The molecule has 6 heteroatoms. The van der Waals surface area contributed by atoms with Gasteiger partial charge >= 0.3 is 5.97 Å². The Balaban J connectivity index is 1.65. The SMILES string of the molecule is COC(=O)c1ccc(COCCN2CCNCC2)o1. The highest BCUT2D eigenvalue weighted by atomic mass is 16.5. The largest absolute Gasteiger partial charge is 0.463 e. The van der Waals surface area contributed by atoms with E-state index in [4.69, 9.17) is 9.15 Å². The molecule has 1 aliphatic rings. The van der Waals surface area contributed by atoms with Crippen molar-refractivity contribution in [3.8, 4) is 0 Å². The van der Waals surface area contributed by atoms with E-state index in [0.29, 0.717) is 19.0 Å². The molecule has 1 fully saturated rings. The molecule has 0 aliphatic carbocycles. The smallest absolute Gasteiger partial charge is 0.373 e. The number of furan rings is 1. The van der Waals surface area contributed by atoms with Crippen molar-refractivity contribution in [3.05, 3.63) is 23.7 Å². The summed E-state index contributed by atoms with van der Waals surface area (Å²) in [4.78, 5) is 13.6. The molecular weight excluding hydrogens is 248 g/mol. The second-order valence-electron chi connectivity index (χ2n) is 4.40. The number of ether oxygens (including phenoxy) is 2. The fourth-order valence-corrected chi connectivity index (χ4v) is 1.97. The van der Waals surface area contributed by atoms with E-state index in [2.05, 4.69) is 15.0 Å². The van der Waals surface area contributed by atoms with Crippen LogP contribution in [-0.2, 0) is 16.1 Å². The Kier molecular flexibility index (Phi) is 5.38. The molecule has 0 radical (unpaired) electrons. The van der Waals surface area contributed by atoms with Crippen LogP contribution in [0.5, 0.6) is 0 Å². The number of piperazine rings is 1. The monoisotopic (exact) mass is 268 g/mol. The number of methoxy groups -OCH3 is 1. The van der Waals surface area contributed by atoms with Crippen LogP contribution in [0.25, 0.3) is 0 Å². The van der Waals surface area contributed by atoms with Gasteiger partial charge in [0.05, 0.1) is 13.7 Å². The molecule has 0 atom stereocenters. The molecule has 0 amide bonds. The Hall–Kier alpha value is -1.37. The van der Waals surface area contributed by atoms with E-state index in [1.165, 1.54) is 7.11 Å². The lowest BCUT2D eigenvalue weighted by atomic mass is 10.3. The van der Waals surface area contributed by atoms with Crippen LogP contribution in [0.1, 0.15) is 16.3 Å². The van der Waals surface area contributed by atoms with Gasteiger partial charge in [-0.3, -0.25) is 4.90 Å². The van der Waals surface area contributed by atoms with Crippen molar-refractivity contribution >= 4 is 5.97 Å². The number of nitrogens with zero attached hydrogens (tertiary/aromatic N) is 1. The maximum absolute atomic E-state index is 11.2. The van der Waals surface area contributed by atoms with Gasteiger partial charge in [-0.1, -0.05) is 0 Å². The van der Waals surface area contributed by atoms with Gasteiger partial charge in [-0.15, -0.1) is 0 Å². The molecule has 19 heavy (non-hydrogen) atoms. The molecule has 1 aliphatic heterocycles. The van der Waals surface area contributed by atoms with Crippen LogP contribution in [0, 0.1) is 0 Å². The molecule has 106 valence electrons. The fraction of sp³-hybridized carbons (Fsp3) is 0.615. The van der Waals surface area contributed by atoms with Crippen molar-refractivity contribution in [3.63, 3.8) is 0 Å². The van der Waals surface area contributed by atoms with E-state index < -0.39 is 5.97 Å². The third-order valence-corrected chi connectivity index (χ3v) is 3.05. The van der Waals surface area contributed by atoms with Crippen molar-refractivity contribution < 1.29 is 18.7 Å². The quantitative estimate of drug-likeness (QED) is 0.598. The number of nitrogens with one attached hydrogen (secondary N) is 1. The maximum atomic E-state index is 11.2. The number of carbonyl (C=O) groups excluding carboxylic acids is 1. The topological polar surface area (TPSA) is 63.9 Å². The normalized spacial score (nSPS) is 16.5. The molecule has 1 aromatic rings. The predicted molar refractivity (Wildman–Crippen MR) is 69.0 cm³/mol. The van der Waals surface area contributed by atoms with Gasteiger partial charge in [0.2, 0.25) is 5.76 Å². The minimum Gasteiger partial charge on any atom is -0.463 e. The molecule has 0 saturated carbocycles.